The average molecular weight is 280 g/mol. The molecule has 0 spiro atoms. The first-order valence-electron chi connectivity index (χ1n) is 6.69. The quantitative estimate of drug-likeness (QED) is 0.648. The Balaban J connectivity index is 1.67. The van der Waals surface area contributed by atoms with E-state index in [0.29, 0.717) is 17.0 Å². The Kier molecular flexibility index (Phi) is 5.60. The summed E-state index contributed by atoms with van der Waals surface area (Å²) in [6, 6.07) is 2.10. The number of piperidine rings is 1. The zero-order valence-corrected chi connectivity index (χ0v) is 12.0. The van der Waals surface area contributed by atoms with Gasteiger partial charge in [-0.2, -0.15) is 0 Å². The number of hydrogen-bond donors (Lipinski definition) is 1. The predicted octanol–water partition coefficient (Wildman–Crippen LogP) is 1.17. The Morgan fingerprint density at radius 1 is 1.42 bits per heavy atom. The minimum atomic E-state index is 0.0763. The number of nitrogens with zero attached hydrogens (tertiary/aromatic N) is 3. The molecule has 1 fully saturated rings. The molecule has 104 valence electrons. The van der Waals surface area contributed by atoms with Crippen molar-refractivity contribution >= 4 is 17.7 Å². The van der Waals surface area contributed by atoms with Crippen LogP contribution in [-0.4, -0.2) is 52.2 Å². The first-order chi connectivity index (χ1) is 9.28. The standard InChI is InChI=1S/C13H20N4OS/c1-2-17-8-4-11(5-9-17)16-12(18)10-19-13-14-6-3-7-15-13/h3,6-7,11H,2,4-5,8-10H2,1H3,(H,16,18). The van der Waals surface area contributed by atoms with Crippen molar-refractivity contribution in [2.75, 3.05) is 25.4 Å². The van der Waals surface area contributed by atoms with Crippen molar-refractivity contribution in [3.63, 3.8) is 0 Å². The summed E-state index contributed by atoms with van der Waals surface area (Å²) < 4.78 is 0. The van der Waals surface area contributed by atoms with Gasteiger partial charge in [0.05, 0.1) is 5.75 Å². The summed E-state index contributed by atoms with van der Waals surface area (Å²) in [7, 11) is 0. The molecule has 0 atom stereocenters. The molecule has 1 saturated heterocycles. The van der Waals surface area contributed by atoms with Crippen LogP contribution in [0.5, 0.6) is 0 Å². The summed E-state index contributed by atoms with van der Waals surface area (Å²) in [5.41, 5.74) is 0. The SMILES string of the molecule is CCN1CCC(NC(=O)CSc2ncccn2)CC1. The number of thioether (sulfide) groups is 1. The van der Waals surface area contributed by atoms with E-state index in [0.717, 1.165) is 32.5 Å². The fourth-order valence-electron chi connectivity index (χ4n) is 2.15. The minimum absolute atomic E-state index is 0.0763. The van der Waals surface area contributed by atoms with Gasteiger partial charge in [0.1, 0.15) is 0 Å². The van der Waals surface area contributed by atoms with Crippen molar-refractivity contribution in [1.29, 1.82) is 0 Å². The molecule has 1 aromatic rings. The van der Waals surface area contributed by atoms with E-state index >= 15 is 0 Å². The lowest BCUT2D eigenvalue weighted by atomic mass is 10.1. The molecule has 19 heavy (non-hydrogen) atoms. The molecule has 1 amide bonds. The molecule has 1 N–H and O–H groups in total. The second-order valence-corrected chi connectivity index (χ2v) is 5.54. The molecule has 0 aliphatic carbocycles. The number of nitrogens with one attached hydrogen (secondary N) is 1. The lowest BCUT2D eigenvalue weighted by Gasteiger charge is -2.31. The number of aromatic nitrogens is 2. The van der Waals surface area contributed by atoms with Crippen LogP contribution in [0, 0.1) is 0 Å². The van der Waals surface area contributed by atoms with E-state index < -0.39 is 0 Å². The molecule has 2 rings (SSSR count). The molecule has 1 aromatic heterocycles. The monoisotopic (exact) mass is 280 g/mol. The van der Waals surface area contributed by atoms with Gasteiger partial charge in [-0.15, -0.1) is 0 Å². The first kappa shape index (κ1) is 14.3. The van der Waals surface area contributed by atoms with Crippen LogP contribution in [0.4, 0.5) is 0 Å². The molecule has 0 aromatic carbocycles. The Morgan fingerprint density at radius 3 is 2.74 bits per heavy atom. The van der Waals surface area contributed by atoms with Crippen molar-refractivity contribution in [2.45, 2.75) is 31.0 Å². The Labute approximate surface area is 118 Å². The number of amides is 1. The number of likely N-dealkylation sites (tertiary alicyclic amines) is 1. The van der Waals surface area contributed by atoms with Gasteiger partial charge in [0.15, 0.2) is 5.16 Å². The van der Waals surface area contributed by atoms with Crippen LogP contribution in [0.3, 0.4) is 0 Å². The molecule has 1 aliphatic heterocycles. The van der Waals surface area contributed by atoms with Crippen LogP contribution in [-0.2, 0) is 4.79 Å². The summed E-state index contributed by atoms with van der Waals surface area (Å²) in [4.78, 5) is 22.4. The second-order valence-electron chi connectivity index (χ2n) is 4.60. The van der Waals surface area contributed by atoms with Crippen molar-refractivity contribution in [3.05, 3.63) is 18.5 Å². The van der Waals surface area contributed by atoms with Crippen LogP contribution < -0.4 is 5.32 Å². The van der Waals surface area contributed by atoms with E-state index in [1.165, 1.54) is 11.8 Å². The van der Waals surface area contributed by atoms with Crippen LogP contribution in [0.1, 0.15) is 19.8 Å². The van der Waals surface area contributed by atoms with Crippen LogP contribution in [0.15, 0.2) is 23.6 Å². The third kappa shape index (κ3) is 4.80. The summed E-state index contributed by atoms with van der Waals surface area (Å²) in [5, 5.41) is 3.74. The van der Waals surface area contributed by atoms with E-state index in [1.807, 2.05) is 0 Å². The van der Waals surface area contributed by atoms with E-state index in [4.69, 9.17) is 0 Å². The summed E-state index contributed by atoms with van der Waals surface area (Å²) in [6.45, 7) is 5.43. The van der Waals surface area contributed by atoms with Crippen molar-refractivity contribution in [1.82, 2.24) is 20.2 Å². The summed E-state index contributed by atoms with van der Waals surface area (Å²) in [5.74, 6) is 0.463. The van der Waals surface area contributed by atoms with E-state index in [9.17, 15) is 4.79 Å². The zero-order chi connectivity index (χ0) is 13.5. The summed E-state index contributed by atoms with van der Waals surface area (Å²) >= 11 is 1.38. The van der Waals surface area contributed by atoms with Crippen LogP contribution in [0.2, 0.25) is 0 Å². The van der Waals surface area contributed by atoms with Gasteiger partial charge < -0.3 is 10.2 Å². The van der Waals surface area contributed by atoms with Crippen molar-refractivity contribution < 1.29 is 4.79 Å². The predicted molar refractivity (Wildman–Crippen MR) is 76.0 cm³/mol. The van der Waals surface area contributed by atoms with Gasteiger partial charge in [-0.25, -0.2) is 9.97 Å². The maximum Gasteiger partial charge on any atom is 0.230 e. The van der Waals surface area contributed by atoms with Gasteiger partial charge in [-0.3, -0.25) is 4.79 Å². The van der Waals surface area contributed by atoms with Gasteiger partial charge in [0, 0.05) is 31.5 Å². The number of carbonyl (C=O) groups is 1. The Hall–Kier alpha value is -1.14. The molecule has 0 bridgehead atoms. The third-order valence-electron chi connectivity index (χ3n) is 3.27. The highest BCUT2D eigenvalue weighted by Gasteiger charge is 2.19. The molecule has 0 saturated carbocycles. The highest BCUT2D eigenvalue weighted by Crippen LogP contribution is 2.12. The van der Waals surface area contributed by atoms with Crippen LogP contribution in [0.25, 0.3) is 0 Å². The molecule has 1 aliphatic rings. The fourth-order valence-corrected chi connectivity index (χ4v) is 2.77. The van der Waals surface area contributed by atoms with Gasteiger partial charge in [0.25, 0.3) is 0 Å². The lowest BCUT2D eigenvalue weighted by Crippen LogP contribution is -2.45. The van der Waals surface area contributed by atoms with Gasteiger partial charge in [-0.05, 0) is 25.5 Å². The molecular weight excluding hydrogens is 260 g/mol. The normalized spacial score (nSPS) is 17.3. The molecule has 2 heterocycles. The molecule has 0 radical (unpaired) electrons. The summed E-state index contributed by atoms with van der Waals surface area (Å²) in [6.07, 6.45) is 5.47. The maximum absolute atomic E-state index is 11.8. The highest BCUT2D eigenvalue weighted by atomic mass is 32.2. The lowest BCUT2D eigenvalue weighted by molar-refractivity contribution is -0.119. The van der Waals surface area contributed by atoms with Crippen molar-refractivity contribution in [3.8, 4) is 0 Å². The molecule has 5 nitrogen and oxygen atoms in total. The topological polar surface area (TPSA) is 58.1 Å². The van der Waals surface area contributed by atoms with Gasteiger partial charge >= 0.3 is 0 Å². The zero-order valence-electron chi connectivity index (χ0n) is 11.2. The van der Waals surface area contributed by atoms with E-state index in [-0.39, 0.29) is 5.91 Å². The molecule has 6 heteroatoms. The fraction of sp³-hybridized carbons (Fsp3) is 0.615. The third-order valence-corrected chi connectivity index (χ3v) is 4.15. The average Bonchev–Trinajstić information content (AvgIpc) is 2.47. The second kappa shape index (κ2) is 7.45. The van der Waals surface area contributed by atoms with Crippen molar-refractivity contribution in [2.24, 2.45) is 0 Å². The maximum atomic E-state index is 11.8. The smallest absolute Gasteiger partial charge is 0.230 e. The number of carbonyl (C=O) groups excluding carboxylic acids is 1. The molecular formula is C13H20N4OS. The molecule has 0 unspecified atom stereocenters. The minimum Gasteiger partial charge on any atom is -0.353 e. The number of hydrogen-bond acceptors (Lipinski definition) is 5. The Bertz CT molecular complexity index is 393. The van der Waals surface area contributed by atoms with Crippen LogP contribution >= 0.6 is 11.8 Å². The highest BCUT2D eigenvalue weighted by molar-refractivity contribution is 7.99. The largest absolute Gasteiger partial charge is 0.353 e. The van der Waals surface area contributed by atoms with Gasteiger partial charge in [0.2, 0.25) is 5.91 Å². The number of rotatable bonds is 5. The van der Waals surface area contributed by atoms with E-state index in [2.05, 4.69) is 27.1 Å². The first-order valence-corrected chi connectivity index (χ1v) is 7.68. The van der Waals surface area contributed by atoms with Gasteiger partial charge in [-0.1, -0.05) is 18.7 Å². The van der Waals surface area contributed by atoms with E-state index in [1.54, 1.807) is 18.5 Å². The Morgan fingerprint density at radius 2 is 2.11 bits per heavy atom.